The number of anilines is 4. The zero-order valence-electron chi connectivity index (χ0n) is 17.1. The van der Waals surface area contributed by atoms with Crippen molar-refractivity contribution in [2.45, 2.75) is 25.7 Å². The standard InChI is InChI=1S/C20H28N8O2/c1-13(2)9-15(30-21)12-22-20-24-17(11-19(25-20)28-5-7-29-8-6-28)23-18-10-16(26-27-18)14-3-4-14/h9-11,14H,1,3-8,12,21H2,2H3,(H3,22,23,24,25,26,27)/b15-9-. The molecule has 2 fully saturated rings. The van der Waals surface area contributed by atoms with Crippen LogP contribution >= 0.6 is 0 Å². The highest BCUT2D eigenvalue weighted by Gasteiger charge is 2.25. The van der Waals surface area contributed by atoms with Crippen molar-refractivity contribution >= 4 is 23.4 Å². The number of allylic oxidation sites excluding steroid dienone is 2. The Morgan fingerprint density at radius 2 is 2.13 bits per heavy atom. The Morgan fingerprint density at radius 3 is 2.83 bits per heavy atom. The lowest BCUT2D eigenvalue weighted by atomic mass is 10.3. The van der Waals surface area contributed by atoms with Crippen molar-refractivity contribution < 1.29 is 9.57 Å². The van der Waals surface area contributed by atoms with Crippen molar-refractivity contribution in [1.29, 1.82) is 0 Å². The Hall–Kier alpha value is -3.11. The molecule has 0 spiro atoms. The topological polar surface area (TPSA) is 126 Å². The van der Waals surface area contributed by atoms with E-state index in [0.29, 0.717) is 43.2 Å². The highest BCUT2D eigenvalue weighted by molar-refractivity contribution is 5.60. The van der Waals surface area contributed by atoms with Gasteiger partial charge in [-0.2, -0.15) is 21.0 Å². The zero-order valence-corrected chi connectivity index (χ0v) is 17.1. The van der Waals surface area contributed by atoms with Crippen molar-refractivity contribution in [2.75, 3.05) is 48.4 Å². The van der Waals surface area contributed by atoms with Gasteiger partial charge in [0.05, 0.1) is 19.8 Å². The molecule has 160 valence electrons. The lowest BCUT2D eigenvalue weighted by Gasteiger charge is -2.28. The summed E-state index contributed by atoms with van der Waals surface area (Å²) in [5.41, 5.74) is 2.00. The molecule has 10 heteroatoms. The highest BCUT2D eigenvalue weighted by atomic mass is 16.6. The fraction of sp³-hybridized carbons (Fsp3) is 0.450. The van der Waals surface area contributed by atoms with E-state index in [1.165, 1.54) is 12.8 Å². The number of H-pyrrole nitrogens is 1. The number of morpholine rings is 1. The van der Waals surface area contributed by atoms with Gasteiger partial charge in [0.1, 0.15) is 17.4 Å². The fourth-order valence-electron chi connectivity index (χ4n) is 3.24. The van der Waals surface area contributed by atoms with E-state index < -0.39 is 0 Å². The van der Waals surface area contributed by atoms with Crippen LogP contribution in [-0.2, 0) is 9.57 Å². The first-order chi connectivity index (χ1) is 14.6. The number of aromatic amines is 1. The number of ether oxygens (including phenoxy) is 1. The van der Waals surface area contributed by atoms with Crippen LogP contribution in [0.2, 0.25) is 0 Å². The smallest absolute Gasteiger partial charge is 0.227 e. The Balaban J connectivity index is 1.54. The second-order valence-electron chi connectivity index (χ2n) is 7.57. The minimum absolute atomic E-state index is 0.337. The van der Waals surface area contributed by atoms with Crippen LogP contribution < -0.4 is 21.4 Å². The molecular formula is C20H28N8O2. The molecule has 0 unspecified atom stereocenters. The third kappa shape index (κ3) is 5.28. The van der Waals surface area contributed by atoms with E-state index in [1.54, 1.807) is 6.08 Å². The fourth-order valence-corrected chi connectivity index (χ4v) is 3.24. The summed E-state index contributed by atoms with van der Waals surface area (Å²) >= 11 is 0. The summed E-state index contributed by atoms with van der Waals surface area (Å²) in [5, 5.41) is 13.9. The number of hydrogen-bond acceptors (Lipinski definition) is 9. The molecule has 0 aromatic carbocycles. The second-order valence-corrected chi connectivity index (χ2v) is 7.57. The molecule has 0 atom stereocenters. The molecule has 1 aliphatic carbocycles. The lowest BCUT2D eigenvalue weighted by Crippen LogP contribution is -2.37. The number of nitrogens with zero attached hydrogens (tertiary/aromatic N) is 4. The highest BCUT2D eigenvalue weighted by Crippen LogP contribution is 2.39. The van der Waals surface area contributed by atoms with E-state index in [1.807, 2.05) is 19.1 Å². The van der Waals surface area contributed by atoms with Crippen molar-refractivity contribution in [3.63, 3.8) is 0 Å². The van der Waals surface area contributed by atoms with E-state index >= 15 is 0 Å². The summed E-state index contributed by atoms with van der Waals surface area (Å²) in [4.78, 5) is 16.3. The molecule has 10 nitrogen and oxygen atoms in total. The van der Waals surface area contributed by atoms with Crippen molar-refractivity contribution in [2.24, 2.45) is 5.90 Å². The van der Waals surface area contributed by atoms with Crippen LogP contribution in [-0.4, -0.2) is 53.0 Å². The first-order valence-electron chi connectivity index (χ1n) is 10.1. The lowest BCUT2D eigenvalue weighted by molar-refractivity contribution is 0.122. The van der Waals surface area contributed by atoms with Gasteiger partial charge in [-0.25, -0.2) is 0 Å². The van der Waals surface area contributed by atoms with Gasteiger partial charge in [-0.05, 0) is 25.8 Å². The Bertz CT molecular complexity index is 915. The number of rotatable bonds is 9. The molecule has 0 amide bonds. The largest absolute Gasteiger partial charge is 0.414 e. The average molecular weight is 412 g/mol. The van der Waals surface area contributed by atoms with Gasteiger partial charge in [-0.1, -0.05) is 12.2 Å². The Labute approximate surface area is 175 Å². The third-order valence-electron chi connectivity index (χ3n) is 4.90. The molecule has 2 aromatic rings. The van der Waals surface area contributed by atoms with Gasteiger partial charge in [0.2, 0.25) is 5.95 Å². The zero-order chi connectivity index (χ0) is 20.9. The van der Waals surface area contributed by atoms with Gasteiger partial charge < -0.3 is 25.1 Å². The maximum absolute atomic E-state index is 5.46. The summed E-state index contributed by atoms with van der Waals surface area (Å²) < 4.78 is 5.46. The van der Waals surface area contributed by atoms with E-state index in [-0.39, 0.29) is 0 Å². The average Bonchev–Trinajstić information content (AvgIpc) is 3.50. The maximum Gasteiger partial charge on any atom is 0.227 e. The molecule has 5 N–H and O–H groups in total. The first-order valence-corrected chi connectivity index (χ1v) is 10.1. The van der Waals surface area contributed by atoms with Crippen LogP contribution in [0.5, 0.6) is 0 Å². The van der Waals surface area contributed by atoms with Crippen LogP contribution in [0.4, 0.5) is 23.4 Å². The van der Waals surface area contributed by atoms with Gasteiger partial charge in [0, 0.05) is 36.8 Å². The second kappa shape index (κ2) is 9.14. The predicted molar refractivity (Wildman–Crippen MR) is 116 cm³/mol. The predicted octanol–water partition coefficient (Wildman–Crippen LogP) is 2.42. The number of hydrogen-bond donors (Lipinski definition) is 4. The third-order valence-corrected chi connectivity index (χ3v) is 4.90. The number of aromatic nitrogens is 4. The van der Waals surface area contributed by atoms with Crippen LogP contribution in [0.1, 0.15) is 31.4 Å². The summed E-state index contributed by atoms with van der Waals surface area (Å²) in [6.07, 6.45) is 4.20. The summed E-state index contributed by atoms with van der Waals surface area (Å²) in [7, 11) is 0. The number of nitrogens with two attached hydrogens (primary N) is 1. The van der Waals surface area contributed by atoms with Crippen molar-refractivity contribution in [3.8, 4) is 0 Å². The van der Waals surface area contributed by atoms with Gasteiger partial charge >= 0.3 is 0 Å². The Kier molecular flexibility index (Phi) is 6.15. The van der Waals surface area contributed by atoms with Gasteiger partial charge in [-0.3, -0.25) is 5.10 Å². The van der Waals surface area contributed by atoms with Gasteiger partial charge in [0.15, 0.2) is 5.82 Å². The van der Waals surface area contributed by atoms with E-state index in [2.05, 4.69) is 42.3 Å². The molecular weight excluding hydrogens is 384 g/mol. The normalized spacial score (nSPS) is 17.0. The van der Waals surface area contributed by atoms with Crippen LogP contribution in [0.3, 0.4) is 0 Å². The summed E-state index contributed by atoms with van der Waals surface area (Å²) in [6, 6.07) is 3.96. The molecule has 1 saturated heterocycles. The minimum atomic E-state index is 0.337. The van der Waals surface area contributed by atoms with Gasteiger partial charge in [0.25, 0.3) is 0 Å². The molecule has 2 aromatic heterocycles. The van der Waals surface area contributed by atoms with E-state index in [0.717, 1.165) is 36.0 Å². The first kappa shape index (κ1) is 20.2. The van der Waals surface area contributed by atoms with E-state index in [9.17, 15) is 0 Å². The van der Waals surface area contributed by atoms with Crippen LogP contribution in [0, 0.1) is 0 Å². The molecule has 1 aliphatic heterocycles. The Morgan fingerprint density at radius 1 is 1.33 bits per heavy atom. The molecule has 2 aliphatic rings. The van der Waals surface area contributed by atoms with Crippen molar-refractivity contribution in [3.05, 3.63) is 41.8 Å². The summed E-state index contributed by atoms with van der Waals surface area (Å²) in [6.45, 7) is 8.95. The van der Waals surface area contributed by atoms with Gasteiger partial charge in [-0.15, -0.1) is 0 Å². The SMILES string of the molecule is C=C(C)/C=C(/CNc1nc(Nc2cc(C3CC3)[nH]n2)cc(N2CCOCC2)n1)ON. The molecule has 3 heterocycles. The number of nitrogens with one attached hydrogen (secondary N) is 3. The molecule has 0 bridgehead atoms. The van der Waals surface area contributed by atoms with Crippen molar-refractivity contribution in [1.82, 2.24) is 20.2 Å². The minimum Gasteiger partial charge on any atom is -0.414 e. The van der Waals surface area contributed by atoms with E-state index in [4.69, 9.17) is 15.5 Å². The molecule has 30 heavy (non-hydrogen) atoms. The summed E-state index contributed by atoms with van der Waals surface area (Å²) in [5.74, 6) is 9.18. The van der Waals surface area contributed by atoms with Crippen LogP contribution in [0.15, 0.2) is 36.1 Å². The molecule has 1 saturated carbocycles. The quantitative estimate of drug-likeness (QED) is 0.279. The molecule has 4 rings (SSSR count). The monoisotopic (exact) mass is 412 g/mol. The van der Waals surface area contributed by atoms with Crippen LogP contribution in [0.25, 0.3) is 0 Å². The maximum atomic E-state index is 5.46. The molecule has 0 radical (unpaired) electrons.